The van der Waals surface area contributed by atoms with Crippen LogP contribution in [0.3, 0.4) is 0 Å². The predicted molar refractivity (Wildman–Crippen MR) is 66.0 cm³/mol. The van der Waals surface area contributed by atoms with E-state index in [9.17, 15) is 4.79 Å². The van der Waals surface area contributed by atoms with Gasteiger partial charge in [0.05, 0.1) is 18.6 Å². The smallest absolute Gasteiger partial charge is 0.155 e. The van der Waals surface area contributed by atoms with Crippen molar-refractivity contribution in [1.29, 1.82) is 0 Å². The van der Waals surface area contributed by atoms with Crippen molar-refractivity contribution >= 4 is 5.78 Å². The van der Waals surface area contributed by atoms with Crippen molar-refractivity contribution in [2.24, 2.45) is 0 Å². The number of furan rings is 1. The number of likely N-dealkylation sites (N-methyl/N-ethyl adjacent to an activating group) is 2. The van der Waals surface area contributed by atoms with E-state index in [1.807, 2.05) is 13.1 Å². The Hall–Kier alpha value is -1.13. The van der Waals surface area contributed by atoms with Gasteiger partial charge in [0.2, 0.25) is 0 Å². The molecular weight excluding hydrogens is 216 g/mol. The van der Waals surface area contributed by atoms with Gasteiger partial charge in [-0.1, -0.05) is 0 Å². The number of hydrogen-bond acceptors (Lipinski definition) is 4. The summed E-state index contributed by atoms with van der Waals surface area (Å²) < 4.78 is 5.00. The first kappa shape index (κ1) is 12.3. The lowest BCUT2D eigenvalue weighted by Crippen LogP contribution is -2.44. The maximum Gasteiger partial charge on any atom is 0.155 e. The Morgan fingerprint density at radius 3 is 3.00 bits per heavy atom. The highest BCUT2D eigenvalue weighted by Gasteiger charge is 2.26. The molecule has 0 aliphatic carbocycles. The lowest BCUT2D eigenvalue weighted by atomic mass is 10.0. The minimum absolute atomic E-state index is 0.0115. The summed E-state index contributed by atoms with van der Waals surface area (Å²) in [6.07, 6.45) is 4.87. The van der Waals surface area contributed by atoms with E-state index in [2.05, 4.69) is 16.8 Å². The number of nitrogens with zero attached hydrogens (tertiary/aromatic N) is 2. The molecule has 1 aromatic heterocycles. The molecule has 1 fully saturated rings. The largest absolute Gasteiger partial charge is 0.472 e. The molecule has 94 valence electrons. The molecule has 0 N–H and O–H groups in total. The van der Waals surface area contributed by atoms with E-state index in [4.69, 9.17) is 4.42 Å². The molecule has 2 rings (SSSR count). The van der Waals surface area contributed by atoms with Crippen molar-refractivity contribution in [3.8, 4) is 0 Å². The van der Waals surface area contributed by atoms with E-state index < -0.39 is 0 Å². The second-order valence-electron chi connectivity index (χ2n) is 4.89. The topological polar surface area (TPSA) is 36.7 Å². The second-order valence-corrected chi connectivity index (χ2v) is 4.89. The normalized spacial score (nSPS) is 23.5. The van der Waals surface area contributed by atoms with Gasteiger partial charge < -0.3 is 9.32 Å². The molecule has 0 aromatic carbocycles. The molecule has 0 radical (unpaired) electrons. The maximum absolute atomic E-state index is 12.3. The van der Waals surface area contributed by atoms with Crippen molar-refractivity contribution in [3.05, 3.63) is 24.2 Å². The number of rotatable bonds is 3. The standard InChI is InChI=1S/C13H20N2O2/c1-14-5-3-6-15(2)12(9-14)13(16)8-11-4-7-17-10-11/h4,7,10,12H,3,5-6,8-9H2,1-2H3. The summed E-state index contributed by atoms with van der Waals surface area (Å²) in [4.78, 5) is 16.7. The molecule has 0 saturated carbocycles. The number of ketones is 1. The van der Waals surface area contributed by atoms with Crippen LogP contribution in [0.2, 0.25) is 0 Å². The third-order valence-corrected chi connectivity index (χ3v) is 3.40. The Labute approximate surface area is 102 Å². The zero-order chi connectivity index (χ0) is 12.3. The molecular formula is C13H20N2O2. The van der Waals surface area contributed by atoms with E-state index in [1.165, 1.54) is 0 Å². The van der Waals surface area contributed by atoms with Gasteiger partial charge in [-0.2, -0.15) is 0 Å². The van der Waals surface area contributed by atoms with Crippen LogP contribution in [-0.2, 0) is 11.2 Å². The van der Waals surface area contributed by atoms with Crippen LogP contribution < -0.4 is 0 Å². The quantitative estimate of drug-likeness (QED) is 0.785. The molecule has 0 amide bonds. The van der Waals surface area contributed by atoms with Crippen LogP contribution >= 0.6 is 0 Å². The molecule has 1 unspecified atom stereocenters. The molecule has 0 spiro atoms. The molecule has 0 bridgehead atoms. The Morgan fingerprint density at radius 2 is 2.29 bits per heavy atom. The Kier molecular flexibility index (Phi) is 3.97. The lowest BCUT2D eigenvalue weighted by Gasteiger charge is -2.25. The van der Waals surface area contributed by atoms with Gasteiger partial charge in [-0.05, 0) is 45.2 Å². The van der Waals surface area contributed by atoms with Crippen molar-refractivity contribution in [2.75, 3.05) is 33.7 Å². The summed E-state index contributed by atoms with van der Waals surface area (Å²) in [5.41, 5.74) is 0.968. The predicted octanol–water partition coefficient (Wildman–Crippen LogP) is 1.03. The van der Waals surface area contributed by atoms with E-state index >= 15 is 0 Å². The first-order chi connectivity index (χ1) is 8.16. The summed E-state index contributed by atoms with van der Waals surface area (Å²) in [5.74, 6) is 0.280. The average molecular weight is 236 g/mol. The molecule has 1 saturated heterocycles. The van der Waals surface area contributed by atoms with Gasteiger partial charge in [-0.25, -0.2) is 0 Å². The van der Waals surface area contributed by atoms with Crippen molar-refractivity contribution in [1.82, 2.24) is 9.80 Å². The summed E-state index contributed by atoms with van der Waals surface area (Å²) in [6, 6.07) is 1.87. The lowest BCUT2D eigenvalue weighted by molar-refractivity contribution is -0.123. The maximum atomic E-state index is 12.3. The zero-order valence-electron chi connectivity index (χ0n) is 10.6. The minimum atomic E-state index is 0.0115. The fourth-order valence-corrected chi connectivity index (χ4v) is 2.33. The molecule has 4 heteroatoms. The fourth-order valence-electron chi connectivity index (χ4n) is 2.33. The molecule has 1 atom stereocenters. The number of carbonyl (C=O) groups excluding carboxylic acids is 1. The Bertz CT molecular complexity index is 362. The van der Waals surface area contributed by atoms with Crippen LogP contribution in [0.15, 0.2) is 23.0 Å². The van der Waals surface area contributed by atoms with Gasteiger partial charge in [-0.3, -0.25) is 9.69 Å². The van der Waals surface area contributed by atoms with Crippen LogP contribution in [0, 0.1) is 0 Å². The highest BCUT2D eigenvalue weighted by atomic mass is 16.3. The van der Waals surface area contributed by atoms with E-state index in [1.54, 1.807) is 12.5 Å². The first-order valence-corrected chi connectivity index (χ1v) is 6.09. The highest BCUT2D eigenvalue weighted by Crippen LogP contribution is 2.11. The summed E-state index contributed by atoms with van der Waals surface area (Å²) in [6.45, 7) is 2.89. The monoisotopic (exact) mass is 236 g/mol. The van der Waals surface area contributed by atoms with Gasteiger partial charge >= 0.3 is 0 Å². The van der Waals surface area contributed by atoms with Gasteiger partial charge in [0.15, 0.2) is 5.78 Å². The third kappa shape index (κ3) is 3.17. The van der Waals surface area contributed by atoms with Crippen LogP contribution in [-0.4, -0.2) is 55.4 Å². The van der Waals surface area contributed by atoms with Gasteiger partial charge in [-0.15, -0.1) is 0 Å². The van der Waals surface area contributed by atoms with Crippen LogP contribution in [0.25, 0.3) is 0 Å². The molecule has 4 nitrogen and oxygen atoms in total. The van der Waals surface area contributed by atoms with Crippen LogP contribution in [0.5, 0.6) is 0 Å². The molecule has 17 heavy (non-hydrogen) atoms. The SMILES string of the molecule is CN1CCCN(C)C(C(=O)Cc2ccoc2)C1. The van der Waals surface area contributed by atoms with Gasteiger partial charge in [0.25, 0.3) is 0 Å². The molecule has 1 aromatic rings. The zero-order valence-corrected chi connectivity index (χ0v) is 10.6. The Morgan fingerprint density at radius 1 is 1.47 bits per heavy atom. The summed E-state index contributed by atoms with van der Waals surface area (Å²) >= 11 is 0. The summed E-state index contributed by atoms with van der Waals surface area (Å²) in [5, 5.41) is 0. The highest BCUT2D eigenvalue weighted by molar-refractivity contribution is 5.86. The van der Waals surface area contributed by atoms with Gasteiger partial charge in [0.1, 0.15) is 0 Å². The van der Waals surface area contributed by atoms with Gasteiger partial charge in [0, 0.05) is 13.0 Å². The van der Waals surface area contributed by atoms with E-state index in [0.717, 1.165) is 31.6 Å². The average Bonchev–Trinajstić information content (AvgIpc) is 2.72. The van der Waals surface area contributed by atoms with Crippen molar-refractivity contribution < 1.29 is 9.21 Å². The number of hydrogen-bond donors (Lipinski definition) is 0. The number of carbonyl (C=O) groups is 1. The van der Waals surface area contributed by atoms with E-state index in [0.29, 0.717) is 6.42 Å². The molecule has 1 aliphatic heterocycles. The van der Waals surface area contributed by atoms with Crippen molar-refractivity contribution in [2.45, 2.75) is 18.9 Å². The van der Waals surface area contributed by atoms with Crippen LogP contribution in [0.4, 0.5) is 0 Å². The molecule has 1 aliphatic rings. The fraction of sp³-hybridized carbons (Fsp3) is 0.615. The van der Waals surface area contributed by atoms with Crippen LogP contribution in [0.1, 0.15) is 12.0 Å². The van der Waals surface area contributed by atoms with Crippen molar-refractivity contribution in [3.63, 3.8) is 0 Å². The first-order valence-electron chi connectivity index (χ1n) is 6.09. The molecule has 2 heterocycles. The second kappa shape index (κ2) is 5.47. The minimum Gasteiger partial charge on any atom is -0.472 e. The third-order valence-electron chi connectivity index (χ3n) is 3.40. The van der Waals surface area contributed by atoms with E-state index in [-0.39, 0.29) is 11.8 Å². The number of Topliss-reactive ketones (excluding diaryl/α,β-unsaturated/α-hetero) is 1. The Balaban J connectivity index is 2.00. The summed E-state index contributed by atoms with van der Waals surface area (Å²) in [7, 11) is 4.12.